The SMILES string of the molecule is c1ccc2cc(COC3CNCCC3C3CCCCC3)ccc2c1. The molecule has 2 aliphatic rings. The molecular weight excluding hydrogens is 294 g/mol. The van der Waals surface area contributed by atoms with E-state index in [0.717, 1.165) is 31.5 Å². The van der Waals surface area contributed by atoms with E-state index in [1.807, 2.05) is 0 Å². The Kier molecular flexibility index (Phi) is 5.15. The summed E-state index contributed by atoms with van der Waals surface area (Å²) in [6.07, 6.45) is 8.78. The number of ether oxygens (including phenoxy) is 1. The highest BCUT2D eigenvalue weighted by atomic mass is 16.5. The second-order valence-corrected chi connectivity index (χ2v) is 7.59. The number of rotatable bonds is 4. The third kappa shape index (κ3) is 3.65. The molecular formula is C22H29NO. The standard InChI is InChI=1S/C22H29NO/c1-2-7-19(8-3-1)21-12-13-23-15-22(21)24-16-17-10-11-18-6-4-5-9-20(18)14-17/h4-6,9-11,14,19,21-23H,1-3,7-8,12-13,15-16H2. The molecule has 2 nitrogen and oxygen atoms in total. The summed E-state index contributed by atoms with van der Waals surface area (Å²) in [4.78, 5) is 0. The van der Waals surface area contributed by atoms with E-state index in [1.54, 1.807) is 0 Å². The average Bonchev–Trinajstić information content (AvgIpc) is 2.67. The van der Waals surface area contributed by atoms with Gasteiger partial charge >= 0.3 is 0 Å². The molecule has 1 aliphatic carbocycles. The van der Waals surface area contributed by atoms with Crippen molar-refractivity contribution >= 4 is 10.8 Å². The second kappa shape index (κ2) is 7.67. The topological polar surface area (TPSA) is 21.3 Å². The summed E-state index contributed by atoms with van der Waals surface area (Å²) in [5, 5.41) is 6.16. The van der Waals surface area contributed by atoms with Crippen molar-refractivity contribution in [3.8, 4) is 0 Å². The first-order valence-electron chi connectivity index (χ1n) is 9.70. The van der Waals surface area contributed by atoms with Crippen molar-refractivity contribution < 1.29 is 4.74 Å². The lowest BCUT2D eigenvalue weighted by Crippen LogP contribution is -2.45. The van der Waals surface area contributed by atoms with Gasteiger partial charge < -0.3 is 10.1 Å². The van der Waals surface area contributed by atoms with Crippen molar-refractivity contribution in [3.63, 3.8) is 0 Å². The molecule has 4 rings (SSSR count). The Labute approximate surface area is 145 Å². The molecule has 24 heavy (non-hydrogen) atoms. The van der Waals surface area contributed by atoms with E-state index < -0.39 is 0 Å². The molecule has 0 aromatic heterocycles. The minimum Gasteiger partial charge on any atom is -0.372 e. The molecule has 0 bridgehead atoms. The highest BCUT2D eigenvalue weighted by Gasteiger charge is 2.33. The molecule has 2 heteroatoms. The summed E-state index contributed by atoms with van der Waals surface area (Å²) in [6, 6.07) is 15.3. The van der Waals surface area contributed by atoms with E-state index in [4.69, 9.17) is 4.74 Å². The summed E-state index contributed by atoms with van der Waals surface area (Å²) >= 11 is 0. The predicted molar refractivity (Wildman–Crippen MR) is 100 cm³/mol. The van der Waals surface area contributed by atoms with Gasteiger partial charge in [-0.05, 0) is 47.2 Å². The van der Waals surface area contributed by atoms with Gasteiger partial charge in [0.25, 0.3) is 0 Å². The van der Waals surface area contributed by atoms with Gasteiger partial charge in [-0.15, -0.1) is 0 Å². The van der Waals surface area contributed by atoms with Gasteiger partial charge in [0.05, 0.1) is 12.7 Å². The number of fused-ring (bicyclic) bond motifs is 1. The Hall–Kier alpha value is -1.38. The van der Waals surface area contributed by atoms with Crippen molar-refractivity contribution in [3.05, 3.63) is 48.0 Å². The molecule has 1 N–H and O–H groups in total. The highest BCUT2D eigenvalue weighted by molar-refractivity contribution is 5.82. The van der Waals surface area contributed by atoms with Gasteiger partial charge in [0.15, 0.2) is 0 Å². The quantitative estimate of drug-likeness (QED) is 0.863. The maximum atomic E-state index is 6.42. The number of piperidine rings is 1. The lowest BCUT2D eigenvalue weighted by molar-refractivity contribution is -0.0370. The molecule has 1 saturated carbocycles. The van der Waals surface area contributed by atoms with E-state index in [0.29, 0.717) is 6.10 Å². The zero-order valence-corrected chi connectivity index (χ0v) is 14.5. The fourth-order valence-electron chi connectivity index (χ4n) is 4.67. The van der Waals surface area contributed by atoms with Crippen LogP contribution in [-0.2, 0) is 11.3 Å². The molecule has 2 unspecified atom stereocenters. The predicted octanol–water partition coefficient (Wildman–Crippen LogP) is 4.91. The molecule has 1 aliphatic heterocycles. The van der Waals surface area contributed by atoms with Crippen LogP contribution in [0.5, 0.6) is 0 Å². The van der Waals surface area contributed by atoms with Gasteiger partial charge in [-0.2, -0.15) is 0 Å². The van der Waals surface area contributed by atoms with E-state index in [9.17, 15) is 0 Å². The van der Waals surface area contributed by atoms with Gasteiger partial charge in [-0.25, -0.2) is 0 Å². The molecule has 2 fully saturated rings. The van der Waals surface area contributed by atoms with Gasteiger partial charge in [-0.3, -0.25) is 0 Å². The van der Waals surface area contributed by atoms with Crippen LogP contribution in [0.4, 0.5) is 0 Å². The fourth-order valence-corrected chi connectivity index (χ4v) is 4.67. The molecule has 2 aromatic carbocycles. The number of nitrogens with one attached hydrogen (secondary N) is 1. The number of hydrogen-bond donors (Lipinski definition) is 1. The maximum absolute atomic E-state index is 6.42. The number of hydrogen-bond acceptors (Lipinski definition) is 2. The lowest BCUT2D eigenvalue weighted by atomic mass is 9.75. The summed E-state index contributed by atoms with van der Waals surface area (Å²) in [5.41, 5.74) is 1.29. The van der Waals surface area contributed by atoms with Crippen molar-refractivity contribution in [1.82, 2.24) is 5.32 Å². The zero-order chi connectivity index (χ0) is 16.2. The van der Waals surface area contributed by atoms with Crippen LogP contribution in [0.1, 0.15) is 44.1 Å². The molecule has 128 valence electrons. The Balaban J connectivity index is 1.42. The minimum absolute atomic E-state index is 0.383. The zero-order valence-electron chi connectivity index (χ0n) is 14.5. The van der Waals surface area contributed by atoms with Crippen LogP contribution in [0.25, 0.3) is 10.8 Å². The lowest BCUT2D eigenvalue weighted by Gasteiger charge is -2.39. The van der Waals surface area contributed by atoms with Crippen LogP contribution >= 0.6 is 0 Å². The van der Waals surface area contributed by atoms with E-state index in [-0.39, 0.29) is 0 Å². The highest BCUT2D eigenvalue weighted by Crippen LogP contribution is 2.35. The third-order valence-corrected chi connectivity index (χ3v) is 6.01. The Morgan fingerprint density at radius 2 is 1.75 bits per heavy atom. The Morgan fingerprint density at radius 3 is 2.62 bits per heavy atom. The Bertz CT molecular complexity index is 662. The van der Waals surface area contributed by atoms with E-state index in [2.05, 4.69) is 47.8 Å². The molecule has 2 atom stereocenters. The molecule has 2 aromatic rings. The molecule has 1 saturated heterocycles. The summed E-state index contributed by atoms with van der Waals surface area (Å²) in [6.45, 7) is 2.92. The largest absolute Gasteiger partial charge is 0.372 e. The summed E-state index contributed by atoms with van der Waals surface area (Å²) < 4.78 is 6.42. The van der Waals surface area contributed by atoms with Crippen LogP contribution in [0.2, 0.25) is 0 Å². The molecule has 1 heterocycles. The van der Waals surface area contributed by atoms with Crippen molar-refractivity contribution in [2.24, 2.45) is 11.8 Å². The first kappa shape index (κ1) is 16.1. The minimum atomic E-state index is 0.383. The monoisotopic (exact) mass is 323 g/mol. The summed E-state index contributed by atoms with van der Waals surface area (Å²) in [7, 11) is 0. The van der Waals surface area contributed by atoms with Crippen molar-refractivity contribution in [2.75, 3.05) is 13.1 Å². The average molecular weight is 323 g/mol. The van der Waals surface area contributed by atoms with Gasteiger partial charge in [0.1, 0.15) is 0 Å². The van der Waals surface area contributed by atoms with Crippen LogP contribution < -0.4 is 5.32 Å². The normalized spacial score (nSPS) is 25.8. The van der Waals surface area contributed by atoms with E-state index >= 15 is 0 Å². The second-order valence-electron chi connectivity index (χ2n) is 7.59. The smallest absolute Gasteiger partial charge is 0.0735 e. The first-order valence-corrected chi connectivity index (χ1v) is 9.70. The van der Waals surface area contributed by atoms with E-state index in [1.165, 1.54) is 54.9 Å². The van der Waals surface area contributed by atoms with Crippen LogP contribution in [0, 0.1) is 11.8 Å². The maximum Gasteiger partial charge on any atom is 0.0735 e. The summed E-state index contributed by atoms with van der Waals surface area (Å²) in [5.74, 6) is 1.65. The van der Waals surface area contributed by atoms with Gasteiger partial charge in [0.2, 0.25) is 0 Å². The van der Waals surface area contributed by atoms with Crippen LogP contribution in [0.3, 0.4) is 0 Å². The van der Waals surface area contributed by atoms with Gasteiger partial charge in [0, 0.05) is 6.54 Å². The van der Waals surface area contributed by atoms with Crippen LogP contribution in [0.15, 0.2) is 42.5 Å². The number of benzene rings is 2. The molecule has 0 spiro atoms. The van der Waals surface area contributed by atoms with Gasteiger partial charge in [-0.1, -0.05) is 68.5 Å². The van der Waals surface area contributed by atoms with Crippen molar-refractivity contribution in [2.45, 2.75) is 51.2 Å². The fraction of sp³-hybridized carbons (Fsp3) is 0.545. The Morgan fingerprint density at radius 1 is 0.917 bits per heavy atom. The van der Waals surface area contributed by atoms with Crippen LogP contribution in [-0.4, -0.2) is 19.2 Å². The molecule has 0 amide bonds. The van der Waals surface area contributed by atoms with Crippen molar-refractivity contribution in [1.29, 1.82) is 0 Å². The molecule has 0 radical (unpaired) electrons. The first-order chi connectivity index (χ1) is 11.9. The third-order valence-electron chi connectivity index (χ3n) is 6.01.